The molecule has 1 saturated heterocycles. The van der Waals surface area contributed by atoms with E-state index in [4.69, 9.17) is 0 Å². The molecule has 0 spiro atoms. The lowest BCUT2D eigenvalue weighted by Crippen LogP contribution is -2.17. The van der Waals surface area contributed by atoms with Crippen LogP contribution in [0.2, 0.25) is 0 Å². The van der Waals surface area contributed by atoms with Crippen LogP contribution >= 0.6 is 11.8 Å². The first-order valence-electron chi connectivity index (χ1n) is 6.41. The van der Waals surface area contributed by atoms with Crippen LogP contribution in [-0.4, -0.2) is 36.0 Å². The molecule has 1 aromatic rings. The number of hydrogen-bond acceptors (Lipinski definition) is 3. The maximum atomic E-state index is 4.65. The summed E-state index contributed by atoms with van der Waals surface area (Å²) >= 11 is 1.82. The van der Waals surface area contributed by atoms with Crippen LogP contribution in [0.5, 0.6) is 0 Å². The van der Waals surface area contributed by atoms with Crippen molar-refractivity contribution >= 4 is 28.3 Å². The summed E-state index contributed by atoms with van der Waals surface area (Å²) < 4.78 is 0. The van der Waals surface area contributed by atoms with Gasteiger partial charge in [-0.3, -0.25) is 0 Å². The molecule has 0 aromatic heterocycles. The third kappa shape index (κ3) is 3.67. The van der Waals surface area contributed by atoms with Gasteiger partial charge in [-0.25, -0.2) is 4.99 Å². The molecule has 0 aliphatic carbocycles. The highest BCUT2D eigenvalue weighted by atomic mass is 32.2. The van der Waals surface area contributed by atoms with Crippen molar-refractivity contribution in [3.05, 3.63) is 24.3 Å². The highest BCUT2D eigenvalue weighted by Crippen LogP contribution is 2.22. The Balaban J connectivity index is 1.99. The summed E-state index contributed by atoms with van der Waals surface area (Å²) in [4.78, 5) is 6.86. The van der Waals surface area contributed by atoms with E-state index in [1.165, 1.54) is 5.69 Å². The molecule has 1 aromatic carbocycles. The molecule has 0 atom stereocenters. The van der Waals surface area contributed by atoms with Gasteiger partial charge in [-0.1, -0.05) is 25.6 Å². The van der Waals surface area contributed by atoms with Crippen LogP contribution in [0, 0.1) is 5.92 Å². The summed E-state index contributed by atoms with van der Waals surface area (Å²) in [5, 5.41) is 4.53. The van der Waals surface area contributed by atoms with Crippen LogP contribution in [0.3, 0.4) is 0 Å². The van der Waals surface area contributed by atoms with E-state index in [0.29, 0.717) is 5.92 Å². The van der Waals surface area contributed by atoms with E-state index >= 15 is 0 Å². The first-order chi connectivity index (χ1) is 8.65. The third-order valence-electron chi connectivity index (χ3n) is 2.79. The summed E-state index contributed by atoms with van der Waals surface area (Å²) in [5.74, 6) is 1.80. The molecule has 0 saturated carbocycles. The second-order valence-corrected chi connectivity index (χ2v) is 6.05. The van der Waals surface area contributed by atoms with Crippen molar-refractivity contribution < 1.29 is 0 Å². The van der Waals surface area contributed by atoms with Crippen LogP contribution in [0.1, 0.15) is 13.8 Å². The fraction of sp³-hybridized carbons (Fsp3) is 0.500. The smallest absolute Gasteiger partial charge is 0.164 e. The minimum Gasteiger partial charge on any atom is -0.385 e. The Kier molecular flexibility index (Phi) is 4.53. The largest absolute Gasteiger partial charge is 0.385 e. The highest BCUT2D eigenvalue weighted by Gasteiger charge is 2.14. The van der Waals surface area contributed by atoms with E-state index in [9.17, 15) is 0 Å². The Morgan fingerprint density at radius 3 is 2.61 bits per heavy atom. The fourth-order valence-corrected chi connectivity index (χ4v) is 2.71. The monoisotopic (exact) mass is 263 g/mol. The molecule has 98 valence electrons. The van der Waals surface area contributed by atoms with Gasteiger partial charge in [0.25, 0.3) is 0 Å². The van der Waals surface area contributed by atoms with Gasteiger partial charge in [0.15, 0.2) is 5.17 Å². The van der Waals surface area contributed by atoms with Gasteiger partial charge < -0.3 is 10.2 Å². The first-order valence-corrected chi connectivity index (χ1v) is 7.40. The normalized spacial score (nSPS) is 17.8. The second kappa shape index (κ2) is 6.14. The zero-order chi connectivity index (χ0) is 13.0. The van der Waals surface area contributed by atoms with Gasteiger partial charge in [0, 0.05) is 31.6 Å². The zero-order valence-corrected chi connectivity index (χ0v) is 12.1. The Morgan fingerprint density at radius 2 is 2.06 bits per heavy atom. The molecular weight excluding hydrogens is 242 g/mol. The van der Waals surface area contributed by atoms with Crippen molar-refractivity contribution in [3.63, 3.8) is 0 Å². The molecule has 2 rings (SSSR count). The van der Waals surface area contributed by atoms with Crippen molar-refractivity contribution in [3.8, 4) is 0 Å². The molecule has 4 heteroatoms. The van der Waals surface area contributed by atoms with Gasteiger partial charge in [-0.05, 0) is 30.2 Å². The van der Waals surface area contributed by atoms with Crippen LogP contribution in [0.25, 0.3) is 0 Å². The Labute approximate surface area is 114 Å². The lowest BCUT2D eigenvalue weighted by atomic mass is 10.2. The van der Waals surface area contributed by atoms with E-state index in [2.05, 4.69) is 60.4 Å². The molecule has 3 nitrogen and oxygen atoms in total. The second-order valence-electron chi connectivity index (χ2n) is 4.99. The van der Waals surface area contributed by atoms with Gasteiger partial charge in [0.1, 0.15) is 0 Å². The quantitative estimate of drug-likeness (QED) is 0.902. The summed E-state index contributed by atoms with van der Waals surface area (Å²) in [6, 6.07) is 8.34. The first kappa shape index (κ1) is 13.3. The van der Waals surface area contributed by atoms with Gasteiger partial charge in [-0.2, -0.15) is 0 Å². The van der Waals surface area contributed by atoms with Crippen molar-refractivity contribution in [2.24, 2.45) is 10.9 Å². The maximum absolute atomic E-state index is 4.65. The highest BCUT2D eigenvalue weighted by molar-refractivity contribution is 8.14. The number of thioether (sulfide) groups is 1. The van der Waals surface area contributed by atoms with Crippen LogP contribution in [0.4, 0.5) is 11.4 Å². The number of benzene rings is 1. The van der Waals surface area contributed by atoms with Crippen LogP contribution in [-0.2, 0) is 0 Å². The minimum absolute atomic E-state index is 0.661. The van der Waals surface area contributed by atoms with Gasteiger partial charge in [0.05, 0.1) is 5.69 Å². The summed E-state index contributed by atoms with van der Waals surface area (Å²) in [7, 11) is 2.09. The minimum atomic E-state index is 0.661. The van der Waals surface area contributed by atoms with Crippen molar-refractivity contribution in [1.82, 2.24) is 4.90 Å². The van der Waals surface area contributed by atoms with Crippen molar-refractivity contribution in [2.45, 2.75) is 13.8 Å². The van der Waals surface area contributed by atoms with Crippen molar-refractivity contribution in [2.75, 3.05) is 31.2 Å². The summed E-state index contributed by atoms with van der Waals surface area (Å²) in [6.07, 6.45) is 0. The molecular formula is C14H21N3S. The van der Waals surface area contributed by atoms with Crippen LogP contribution in [0.15, 0.2) is 29.3 Å². The zero-order valence-electron chi connectivity index (χ0n) is 11.3. The number of anilines is 1. The summed E-state index contributed by atoms with van der Waals surface area (Å²) in [6.45, 7) is 6.52. The number of nitrogens with zero attached hydrogens (tertiary/aromatic N) is 2. The van der Waals surface area contributed by atoms with E-state index in [1.807, 2.05) is 11.8 Å². The number of rotatable bonds is 4. The predicted octanol–water partition coefficient (Wildman–Crippen LogP) is 3.42. The average molecular weight is 263 g/mol. The standard InChI is InChI=1S/C14H21N3S/c1-11(2)10-15-12-4-6-13(7-5-12)16-14-17(3)8-9-18-14/h4-7,11,15H,8-10H2,1-3H3. The topological polar surface area (TPSA) is 27.6 Å². The van der Waals surface area contributed by atoms with Gasteiger partial charge in [0.2, 0.25) is 0 Å². The fourth-order valence-electron chi connectivity index (χ4n) is 1.68. The number of amidine groups is 1. The molecule has 1 heterocycles. The molecule has 1 fully saturated rings. The van der Waals surface area contributed by atoms with Crippen LogP contribution < -0.4 is 5.32 Å². The third-order valence-corrected chi connectivity index (χ3v) is 3.84. The van der Waals surface area contributed by atoms with E-state index in [-0.39, 0.29) is 0 Å². The van der Waals surface area contributed by atoms with E-state index < -0.39 is 0 Å². The Morgan fingerprint density at radius 1 is 1.33 bits per heavy atom. The molecule has 1 aliphatic heterocycles. The Hall–Kier alpha value is -1.16. The van der Waals surface area contributed by atoms with E-state index in [0.717, 1.165) is 29.7 Å². The number of nitrogens with one attached hydrogen (secondary N) is 1. The van der Waals surface area contributed by atoms with Gasteiger partial charge in [-0.15, -0.1) is 0 Å². The molecule has 0 unspecified atom stereocenters. The Bertz CT molecular complexity index is 412. The number of aliphatic imine (C=N–C) groups is 1. The van der Waals surface area contributed by atoms with Crippen molar-refractivity contribution in [1.29, 1.82) is 0 Å². The summed E-state index contributed by atoms with van der Waals surface area (Å²) in [5.41, 5.74) is 2.20. The SMILES string of the molecule is CC(C)CNc1ccc(N=C2SCCN2C)cc1. The lowest BCUT2D eigenvalue weighted by Gasteiger charge is -2.10. The molecule has 0 radical (unpaired) electrons. The lowest BCUT2D eigenvalue weighted by molar-refractivity contribution is 0.563. The number of hydrogen-bond donors (Lipinski definition) is 1. The van der Waals surface area contributed by atoms with E-state index in [1.54, 1.807) is 0 Å². The molecule has 0 bridgehead atoms. The van der Waals surface area contributed by atoms with Gasteiger partial charge >= 0.3 is 0 Å². The molecule has 1 N–H and O–H groups in total. The molecule has 18 heavy (non-hydrogen) atoms. The molecule has 1 aliphatic rings. The average Bonchev–Trinajstić information content (AvgIpc) is 2.74. The maximum Gasteiger partial charge on any atom is 0.164 e. The molecule has 0 amide bonds. The predicted molar refractivity (Wildman–Crippen MR) is 82.0 cm³/mol.